The molecule has 20 heavy (non-hydrogen) atoms. The maximum Gasteiger partial charge on any atom is 0.264 e. The molecule has 0 amide bonds. The van der Waals surface area contributed by atoms with Crippen molar-refractivity contribution in [2.24, 2.45) is 0 Å². The second kappa shape index (κ2) is 4.46. The summed E-state index contributed by atoms with van der Waals surface area (Å²) in [7, 11) is -2.37. The summed E-state index contributed by atoms with van der Waals surface area (Å²) in [6.07, 6.45) is 0. The second-order valence-corrected chi connectivity index (χ2v) is 6.95. The van der Waals surface area contributed by atoms with Gasteiger partial charge in [-0.3, -0.25) is 4.31 Å². The van der Waals surface area contributed by atoms with Gasteiger partial charge in [-0.25, -0.2) is 12.8 Å². The Morgan fingerprint density at radius 1 is 1.15 bits per heavy atom. The molecule has 0 fully saturated rings. The average molecular weight is 312 g/mol. The van der Waals surface area contributed by atoms with Crippen LogP contribution in [0.5, 0.6) is 0 Å². The molecule has 0 spiro atoms. The number of halogens is 2. The molecule has 6 heteroatoms. The van der Waals surface area contributed by atoms with E-state index in [0.717, 1.165) is 10.4 Å². The molecule has 3 rings (SSSR count). The van der Waals surface area contributed by atoms with Crippen molar-refractivity contribution in [3.05, 3.63) is 59.4 Å². The average Bonchev–Trinajstić information content (AvgIpc) is 2.50. The van der Waals surface area contributed by atoms with E-state index in [-0.39, 0.29) is 4.90 Å². The highest BCUT2D eigenvalue weighted by atomic mass is 35.5. The monoisotopic (exact) mass is 311 g/mol. The number of alkyl halides is 1. The molecule has 0 aliphatic carbocycles. The lowest BCUT2D eigenvalue weighted by Crippen LogP contribution is -2.26. The van der Waals surface area contributed by atoms with E-state index < -0.39 is 21.2 Å². The van der Waals surface area contributed by atoms with Crippen molar-refractivity contribution in [3.63, 3.8) is 0 Å². The summed E-state index contributed by atoms with van der Waals surface area (Å²) in [4.78, 5) is -0.0869. The van der Waals surface area contributed by atoms with Gasteiger partial charge in [-0.2, -0.15) is 0 Å². The van der Waals surface area contributed by atoms with Gasteiger partial charge in [-0.05, 0) is 29.3 Å². The van der Waals surface area contributed by atoms with Crippen molar-refractivity contribution in [1.82, 2.24) is 0 Å². The van der Waals surface area contributed by atoms with Crippen LogP contribution in [0.4, 0.5) is 10.1 Å². The normalized spacial score (nSPS) is 19.9. The standard InChI is InChI=1S/C14H11ClFNO2S/c1-17-12-5-3-2-4-10(12)14(15)11-7-6-9(16)8-13(11)20(17,18)19/h2-8,14H,1H3. The number of fused-ring (bicyclic) bond motifs is 2. The van der Waals surface area contributed by atoms with Crippen LogP contribution in [-0.2, 0) is 10.0 Å². The van der Waals surface area contributed by atoms with Crippen LogP contribution in [0, 0.1) is 5.82 Å². The van der Waals surface area contributed by atoms with E-state index in [4.69, 9.17) is 11.6 Å². The fourth-order valence-electron chi connectivity index (χ4n) is 2.37. The molecule has 0 bridgehead atoms. The molecule has 1 atom stereocenters. The van der Waals surface area contributed by atoms with Crippen molar-refractivity contribution in [1.29, 1.82) is 0 Å². The molecule has 3 nitrogen and oxygen atoms in total. The molecule has 1 aliphatic rings. The molecule has 0 radical (unpaired) electrons. The van der Waals surface area contributed by atoms with Gasteiger partial charge in [0.25, 0.3) is 10.0 Å². The van der Waals surface area contributed by atoms with Gasteiger partial charge in [0.05, 0.1) is 16.0 Å². The number of anilines is 1. The maximum absolute atomic E-state index is 13.4. The summed E-state index contributed by atoms with van der Waals surface area (Å²) >= 11 is 6.41. The Bertz CT molecular complexity index is 792. The van der Waals surface area contributed by atoms with Crippen LogP contribution in [0.2, 0.25) is 0 Å². The minimum absolute atomic E-state index is 0.0869. The molecule has 1 heterocycles. The zero-order chi connectivity index (χ0) is 14.5. The number of hydrogen-bond acceptors (Lipinski definition) is 2. The number of sulfonamides is 1. The Labute approximate surface area is 121 Å². The molecule has 1 aliphatic heterocycles. The van der Waals surface area contributed by atoms with Crippen LogP contribution in [-0.4, -0.2) is 15.5 Å². The first kappa shape index (κ1) is 13.4. The van der Waals surface area contributed by atoms with E-state index in [1.165, 1.54) is 19.2 Å². The molecule has 1 unspecified atom stereocenters. The fourth-order valence-corrected chi connectivity index (χ4v) is 4.28. The van der Waals surface area contributed by atoms with E-state index in [9.17, 15) is 12.8 Å². The Kier molecular flexibility index (Phi) is 2.99. The van der Waals surface area contributed by atoms with Crippen LogP contribution in [0.15, 0.2) is 47.4 Å². The largest absolute Gasteiger partial charge is 0.269 e. The Morgan fingerprint density at radius 2 is 1.85 bits per heavy atom. The van der Waals surface area contributed by atoms with Gasteiger partial charge in [0.2, 0.25) is 0 Å². The summed E-state index contributed by atoms with van der Waals surface area (Å²) in [5, 5.41) is -0.637. The highest BCUT2D eigenvalue weighted by Gasteiger charge is 2.34. The van der Waals surface area contributed by atoms with E-state index >= 15 is 0 Å². The number of nitrogens with zero attached hydrogens (tertiary/aromatic N) is 1. The van der Waals surface area contributed by atoms with Crippen molar-refractivity contribution in [3.8, 4) is 0 Å². The van der Waals surface area contributed by atoms with Crippen molar-refractivity contribution < 1.29 is 12.8 Å². The van der Waals surface area contributed by atoms with Crippen molar-refractivity contribution in [2.75, 3.05) is 11.4 Å². The molecule has 0 saturated heterocycles. The van der Waals surface area contributed by atoms with Crippen LogP contribution < -0.4 is 4.31 Å². The summed E-state index contributed by atoms with van der Waals surface area (Å²) in [6.45, 7) is 0. The highest BCUT2D eigenvalue weighted by molar-refractivity contribution is 7.92. The van der Waals surface area contributed by atoms with Crippen LogP contribution in [0.3, 0.4) is 0 Å². The summed E-state index contributed by atoms with van der Waals surface area (Å²) in [5.74, 6) is -0.601. The van der Waals surface area contributed by atoms with E-state index in [1.807, 2.05) is 0 Å². The molecular formula is C14H11ClFNO2S. The Balaban J connectivity index is 2.41. The molecule has 104 valence electrons. The number of benzene rings is 2. The lowest BCUT2D eigenvalue weighted by molar-refractivity contribution is 0.588. The molecule has 0 saturated carbocycles. The highest BCUT2D eigenvalue weighted by Crippen LogP contribution is 2.43. The van der Waals surface area contributed by atoms with Gasteiger partial charge < -0.3 is 0 Å². The Morgan fingerprint density at radius 3 is 2.60 bits per heavy atom. The molecular weight excluding hydrogens is 301 g/mol. The zero-order valence-electron chi connectivity index (χ0n) is 10.5. The summed E-state index contributed by atoms with van der Waals surface area (Å²) in [6, 6.07) is 10.7. The third-order valence-electron chi connectivity index (χ3n) is 3.44. The number of rotatable bonds is 0. The molecule has 2 aromatic carbocycles. The molecule has 0 aromatic heterocycles. The minimum atomic E-state index is -3.82. The van der Waals surface area contributed by atoms with E-state index in [1.54, 1.807) is 24.3 Å². The lowest BCUT2D eigenvalue weighted by Gasteiger charge is -2.19. The smallest absolute Gasteiger partial charge is 0.264 e. The zero-order valence-corrected chi connectivity index (χ0v) is 12.1. The first-order chi connectivity index (χ1) is 9.43. The van der Waals surface area contributed by atoms with Crippen molar-refractivity contribution in [2.45, 2.75) is 10.3 Å². The predicted molar refractivity (Wildman–Crippen MR) is 76.1 cm³/mol. The summed E-state index contributed by atoms with van der Waals surface area (Å²) < 4.78 is 39.7. The van der Waals surface area contributed by atoms with Gasteiger partial charge in [-0.1, -0.05) is 24.3 Å². The maximum atomic E-state index is 13.4. The molecule has 0 N–H and O–H groups in total. The topological polar surface area (TPSA) is 37.4 Å². The van der Waals surface area contributed by atoms with Gasteiger partial charge in [-0.15, -0.1) is 11.6 Å². The van der Waals surface area contributed by atoms with Gasteiger partial charge in [0.15, 0.2) is 0 Å². The third-order valence-corrected chi connectivity index (χ3v) is 5.73. The minimum Gasteiger partial charge on any atom is -0.269 e. The quantitative estimate of drug-likeness (QED) is 0.700. The summed E-state index contributed by atoms with van der Waals surface area (Å²) in [5.41, 5.74) is 1.58. The number of para-hydroxylation sites is 1. The van der Waals surface area contributed by atoms with E-state index in [2.05, 4.69) is 0 Å². The van der Waals surface area contributed by atoms with Gasteiger partial charge in [0.1, 0.15) is 5.82 Å². The second-order valence-electron chi connectivity index (χ2n) is 4.58. The van der Waals surface area contributed by atoms with Crippen LogP contribution >= 0.6 is 11.6 Å². The Hall–Kier alpha value is -1.59. The first-order valence-corrected chi connectivity index (χ1v) is 7.82. The first-order valence-electron chi connectivity index (χ1n) is 5.94. The van der Waals surface area contributed by atoms with Gasteiger partial charge in [0, 0.05) is 7.05 Å². The van der Waals surface area contributed by atoms with Crippen LogP contribution in [0.25, 0.3) is 0 Å². The SMILES string of the molecule is CN1c2ccccc2C(Cl)c2ccc(F)cc2S1(=O)=O. The predicted octanol–water partition coefficient (Wildman–Crippen LogP) is 3.29. The van der Waals surface area contributed by atoms with Crippen molar-refractivity contribution >= 4 is 27.3 Å². The fraction of sp³-hybridized carbons (Fsp3) is 0.143. The van der Waals surface area contributed by atoms with Crippen LogP contribution in [0.1, 0.15) is 16.5 Å². The third kappa shape index (κ3) is 1.81. The lowest BCUT2D eigenvalue weighted by atomic mass is 10.0. The van der Waals surface area contributed by atoms with E-state index in [0.29, 0.717) is 16.8 Å². The molecule has 2 aromatic rings. The number of hydrogen-bond donors (Lipinski definition) is 0. The van der Waals surface area contributed by atoms with Gasteiger partial charge >= 0.3 is 0 Å².